The lowest BCUT2D eigenvalue weighted by Gasteiger charge is -2.26. The predicted molar refractivity (Wildman–Crippen MR) is 70.5 cm³/mol. The molecule has 0 aromatic rings. The highest BCUT2D eigenvalue weighted by atomic mass is 16.5. The molecule has 17 heavy (non-hydrogen) atoms. The molecule has 1 heterocycles. The van der Waals surface area contributed by atoms with Crippen LogP contribution in [0.15, 0.2) is 0 Å². The van der Waals surface area contributed by atoms with Crippen molar-refractivity contribution in [2.75, 3.05) is 52.6 Å². The molecule has 1 aliphatic heterocycles. The summed E-state index contributed by atoms with van der Waals surface area (Å²) >= 11 is 0. The van der Waals surface area contributed by atoms with Crippen LogP contribution in [0.3, 0.4) is 0 Å². The number of nitrogens with zero attached hydrogens (tertiary/aromatic N) is 1. The van der Waals surface area contributed by atoms with Gasteiger partial charge in [-0.2, -0.15) is 0 Å². The van der Waals surface area contributed by atoms with E-state index in [9.17, 15) is 0 Å². The Hall–Kier alpha value is -0.160. The summed E-state index contributed by atoms with van der Waals surface area (Å²) in [5.41, 5.74) is 0.216. The van der Waals surface area contributed by atoms with Gasteiger partial charge in [-0.25, -0.2) is 0 Å². The SMILES string of the molecule is CC(C)(C)NCCCOCCN1CCOCC1. The quantitative estimate of drug-likeness (QED) is 0.680. The van der Waals surface area contributed by atoms with Gasteiger partial charge in [-0.15, -0.1) is 0 Å². The molecule has 1 rings (SSSR count). The molecule has 102 valence electrons. The lowest BCUT2D eigenvalue weighted by atomic mass is 10.1. The highest BCUT2D eigenvalue weighted by molar-refractivity contribution is 4.69. The molecule has 0 atom stereocenters. The van der Waals surface area contributed by atoms with E-state index in [1.54, 1.807) is 0 Å². The Morgan fingerprint density at radius 1 is 1.18 bits per heavy atom. The number of rotatable bonds is 7. The average Bonchev–Trinajstić information content (AvgIpc) is 2.28. The maximum absolute atomic E-state index is 5.63. The Labute approximate surface area is 106 Å². The van der Waals surface area contributed by atoms with Gasteiger partial charge in [-0.1, -0.05) is 0 Å². The van der Waals surface area contributed by atoms with E-state index < -0.39 is 0 Å². The Kier molecular flexibility index (Phi) is 7.04. The molecular weight excluding hydrogens is 216 g/mol. The van der Waals surface area contributed by atoms with E-state index in [4.69, 9.17) is 9.47 Å². The van der Waals surface area contributed by atoms with Crippen molar-refractivity contribution in [3.8, 4) is 0 Å². The fourth-order valence-electron chi connectivity index (χ4n) is 1.76. The molecule has 0 spiro atoms. The molecule has 0 aromatic carbocycles. The highest BCUT2D eigenvalue weighted by Gasteiger charge is 2.09. The standard InChI is InChI=1S/C13H28N2O2/c1-13(2,3)14-5-4-9-16-10-6-15-7-11-17-12-8-15/h14H,4-12H2,1-3H3. The van der Waals surface area contributed by atoms with E-state index in [1.165, 1.54) is 0 Å². The van der Waals surface area contributed by atoms with E-state index in [1.807, 2.05) is 0 Å². The van der Waals surface area contributed by atoms with Crippen molar-refractivity contribution in [2.24, 2.45) is 0 Å². The topological polar surface area (TPSA) is 33.7 Å². The number of morpholine rings is 1. The van der Waals surface area contributed by atoms with Gasteiger partial charge in [0.25, 0.3) is 0 Å². The Morgan fingerprint density at radius 3 is 2.53 bits per heavy atom. The predicted octanol–water partition coefficient (Wildman–Crippen LogP) is 1.11. The molecule has 0 saturated carbocycles. The van der Waals surface area contributed by atoms with Crippen LogP contribution in [0.5, 0.6) is 0 Å². The van der Waals surface area contributed by atoms with Gasteiger partial charge < -0.3 is 14.8 Å². The Balaban J connectivity index is 1.84. The maximum Gasteiger partial charge on any atom is 0.0594 e. The van der Waals surface area contributed by atoms with Crippen molar-refractivity contribution in [3.05, 3.63) is 0 Å². The highest BCUT2D eigenvalue weighted by Crippen LogP contribution is 1.98. The second-order valence-electron chi connectivity index (χ2n) is 5.60. The van der Waals surface area contributed by atoms with Crippen molar-refractivity contribution >= 4 is 0 Å². The van der Waals surface area contributed by atoms with Crippen LogP contribution in [-0.4, -0.2) is 63.0 Å². The summed E-state index contributed by atoms with van der Waals surface area (Å²) in [4.78, 5) is 2.40. The first-order chi connectivity index (χ1) is 8.08. The summed E-state index contributed by atoms with van der Waals surface area (Å²) in [6.45, 7) is 14.2. The zero-order valence-corrected chi connectivity index (χ0v) is 11.6. The molecule has 4 heteroatoms. The van der Waals surface area contributed by atoms with Crippen molar-refractivity contribution in [2.45, 2.75) is 32.7 Å². The van der Waals surface area contributed by atoms with Gasteiger partial charge >= 0.3 is 0 Å². The van der Waals surface area contributed by atoms with Gasteiger partial charge in [-0.05, 0) is 33.7 Å². The minimum atomic E-state index is 0.216. The van der Waals surface area contributed by atoms with Gasteiger partial charge in [0.1, 0.15) is 0 Å². The molecule has 0 unspecified atom stereocenters. The van der Waals surface area contributed by atoms with Crippen molar-refractivity contribution in [1.82, 2.24) is 10.2 Å². The number of hydrogen-bond acceptors (Lipinski definition) is 4. The van der Waals surface area contributed by atoms with Crippen LogP contribution in [0.4, 0.5) is 0 Å². The third-order valence-corrected chi connectivity index (χ3v) is 2.78. The number of nitrogens with one attached hydrogen (secondary N) is 1. The molecule has 1 N–H and O–H groups in total. The van der Waals surface area contributed by atoms with Crippen molar-refractivity contribution in [1.29, 1.82) is 0 Å². The van der Waals surface area contributed by atoms with E-state index in [0.717, 1.165) is 59.0 Å². The Morgan fingerprint density at radius 2 is 1.88 bits per heavy atom. The maximum atomic E-state index is 5.63. The summed E-state index contributed by atoms with van der Waals surface area (Å²) < 4.78 is 10.9. The zero-order valence-electron chi connectivity index (χ0n) is 11.6. The lowest BCUT2D eigenvalue weighted by Crippen LogP contribution is -2.38. The van der Waals surface area contributed by atoms with E-state index in [-0.39, 0.29) is 5.54 Å². The molecule has 0 bridgehead atoms. The molecule has 4 nitrogen and oxygen atoms in total. The largest absolute Gasteiger partial charge is 0.380 e. The monoisotopic (exact) mass is 244 g/mol. The van der Waals surface area contributed by atoms with Gasteiger partial charge in [0.05, 0.1) is 19.8 Å². The average molecular weight is 244 g/mol. The van der Waals surface area contributed by atoms with Crippen LogP contribution in [0.2, 0.25) is 0 Å². The molecule has 0 radical (unpaired) electrons. The summed E-state index contributed by atoms with van der Waals surface area (Å²) in [6.07, 6.45) is 1.08. The second-order valence-corrected chi connectivity index (χ2v) is 5.60. The van der Waals surface area contributed by atoms with Crippen LogP contribution in [0, 0.1) is 0 Å². The van der Waals surface area contributed by atoms with Gasteiger partial charge in [0.15, 0.2) is 0 Å². The summed E-state index contributed by atoms with van der Waals surface area (Å²) in [7, 11) is 0. The minimum Gasteiger partial charge on any atom is -0.380 e. The third kappa shape index (κ3) is 8.55. The van der Waals surface area contributed by atoms with Gasteiger partial charge in [-0.3, -0.25) is 4.90 Å². The first-order valence-electron chi connectivity index (χ1n) is 6.71. The fourth-order valence-corrected chi connectivity index (χ4v) is 1.76. The molecule has 0 amide bonds. The first kappa shape index (κ1) is 14.9. The van der Waals surface area contributed by atoms with Gasteiger partial charge in [0, 0.05) is 31.8 Å². The van der Waals surface area contributed by atoms with Gasteiger partial charge in [0.2, 0.25) is 0 Å². The van der Waals surface area contributed by atoms with E-state index in [0.29, 0.717) is 0 Å². The summed E-state index contributed by atoms with van der Waals surface area (Å²) in [5, 5.41) is 3.46. The Bertz CT molecular complexity index is 186. The van der Waals surface area contributed by atoms with Crippen LogP contribution < -0.4 is 5.32 Å². The molecule has 0 aromatic heterocycles. The number of hydrogen-bond donors (Lipinski definition) is 1. The molecular formula is C13H28N2O2. The molecule has 1 saturated heterocycles. The van der Waals surface area contributed by atoms with Crippen LogP contribution in [-0.2, 0) is 9.47 Å². The first-order valence-corrected chi connectivity index (χ1v) is 6.71. The van der Waals surface area contributed by atoms with Crippen LogP contribution in [0.25, 0.3) is 0 Å². The third-order valence-electron chi connectivity index (χ3n) is 2.78. The zero-order chi connectivity index (χ0) is 12.6. The minimum absolute atomic E-state index is 0.216. The van der Waals surface area contributed by atoms with Crippen molar-refractivity contribution in [3.63, 3.8) is 0 Å². The smallest absolute Gasteiger partial charge is 0.0594 e. The van der Waals surface area contributed by atoms with E-state index in [2.05, 4.69) is 31.0 Å². The summed E-state index contributed by atoms with van der Waals surface area (Å²) in [5.74, 6) is 0. The molecule has 1 fully saturated rings. The fraction of sp³-hybridized carbons (Fsp3) is 1.00. The van der Waals surface area contributed by atoms with Crippen molar-refractivity contribution < 1.29 is 9.47 Å². The number of ether oxygens (including phenoxy) is 2. The normalized spacial score (nSPS) is 18.5. The second kappa shape index (κ2) is 8.03. The molecule has 0 aliphatic carbocycles. The lowest BCUT2D eigenvalue weighted by molar-refractivity contribution is 0.0201. The van der Waals surface area contributed by atoms with Crippen LogP contribution >= 0.6 is 0 Å². The van der Waals surface area contributed by atoms with E-state index >= 15 is 0 Å². The summed E-state index contributed by atoms with van der Waals surface area (Å²) in [6, 6.07) is 0. The molecule has 1 aliphatic rings. The van der Waals surface area contributed by atoms with Crippen LogP contribution in [0.1, 0.15) is 27.2 Å².